The summed E-state index contributed by atoms with van der Waals surface area (Å²) in [6.45, 7) is 9.17. The topological polar surface area (TPSA) is 33.2 Å². The number of anilines is 1. The highest BCUT2D eigenvalue weighted by Crippen LogP contribution is 2.34. The maximum absolute atomic E-state index is 11.7. The van der Waals surface area contributed by atoms with Gasteiger partial charge in [0.1, 0.15) is 0 Å². The predicted octanol–water partition coefficient (Wildman–Crippen LogP) is 3.85. The van der Waals surface area contributed by atoms with Gasteiger partial charge in [-0.25, -0.2) is 4.98 Å². The maximum atomic E-state index is 11.7. The molecule has 0 bridgehead atoms. The first-order valence-electron chi connectivity index (χ1n) is 6.79. The van der Waals surface area contributed by atoms with Crippen LogP contribution in [0.25, 0.3) is 0 Å². The number of piperidine rings is 1. The molecule has 0 radical (unpaired) electrons. The molecule has 100 valence electrons. The third-order valence-corrected chi connectivity index (χ3v) is 4.77. The van der Waals surface area contributed by atoms with E-state index in [4.69, 9.17) is 4.98 Å². The minimum atomic E-state index is 0.145. The number of hydrogen-bond donors (Lipinski definition) is 0. The molecule has 0 aliphatic carbocycles. The molecule has 0 spiro atoms. The lowest BCUT2D eigenvalue weighted by molar-refractivity contribution is 0.102. The molecule has 1 aromatic rings. The highest BCUT2D eigenvalue weighted by atomic mass is 32.1. The molecule has 1 fully saturated rings. The molecule has 2 rings (SSSR count). The predicted molar refractivity (Wildman–Crippen MR) is 76.9 cm³/mol. The lowest BCUT2D eigenvalue weighted by Gasteiger charge is -2.33. The number of aromatic nitrogens is 1. The van der Waals surface area contributed by atoms with Crippen molar-refractivity contribution in [2.45, 2.75) is 58.9 Å². The molecular formula is C14H22N2OS. The van der Waals surface area contributed by atoms with E-state index >= 15 is 0 Å². The van der Waals surface area contributed by atoms with Gasteiger partial charge in [0.2, 0.25) is 0 Å². The van der Waals surface area contributed by atoms with Gasteiger partial charge in [-0.2, -0.15) is 0 Å². The van der Waals surface area contributed by atoms with Crippen molar-refractivity contribution in [2.75, 3.05) is 11.4 Å². The number of Topliss-reactive ketones (excluding diaryl/α,β-unsaturated/α-hetero) is 1. The Labute approximate surface area is 113 Å². The van der Waals surface area contributed by atoms with E-state index in [0.717, 1.165) is 22.2 Å². The number of carbonyl (C=O) groups excluding carboxylic acids is 1. The second-order valence-electron chi connectivity index (χ2n) is 5.46. The van der Waals surface area contributed by atoms with Gasteiger partial charge in [-0.3, -0.25) is 4.79 Å². The van der Waals surface area contributed by atoms with Crippen LogP contribution in [0.3, 0.4) is 0 Å². The molecule has 4 heteroatoms. The fourth-order valence-electron chi connectivity index (χ4n) is 2.47. The van der Waals surface area contributed by atoms with Crippen molar-refractivity contribution < 1.29 is 4.79 Å². The zero-order valence-corrected chi connectivity index (χ0v) is 12.5. The lowest BCUT2D eigenvalue weighted by atomic mass is 10.0. The van der Waals surface area contributed by atoms with Crippen molar-refractivity contribution in [1.82, 2.24) is 4.98 Å². The van der Waals surface area contributed by atoms with Gasteiger partial charge < -0.3 is 4.90 Å². The number of carbonyl (C=O) groups is 1. The van der Waals surface area contributed by atoms with E-state index in [9.17, 15) is 4.79 Å². The Bertz CT molecular complexity index is 439. The number of hydrogen-bond acceptors (Lipinski definition) is 4. The molecule has 0 saturated carbocycles. The Morgan fingerprint density at radius 2 is 2.17 bits per heavy atom. The molecule has 1 atom stereocenters. The van der Waals surface area contributed by atoms with Gasteiger partial charge >= 0.3 is 0 Å². The van der Waals surface area contributed by atoms with Crippen LogP contribution in [-0.2, 0) is 0 Å². The van der Waals surface area contributed by atoms with Gasteiger partial charge in [0.25, 0.3) is 0 Å². The number of ketones is 1. The fourth-order valence-corrected chi connectivity index (χ4v) is 3.71. The van der Waals surface area contributed by atoms with Gasteiger partial charge in [-0.05, 0) is 32.1 Å². The van der Waals surface area contributed by atoms with E-state index in [1.807, 2.05) is 0 Å². The molecule has 1 aliphatic heterocycles. The van der Waals surface area contributed by atoms with Crippen LogP contribution in [0.15, 0.2) is 0 Å². The Kier molecular flexibility index (Phi) is 4.05. The Morgan fingerprint density at radius 3 is 2.67 bits per heavy atom. The van der Waals surface area contributed by atoms with Crippen LogP contribution in [0.4, 0.5) is 5.13 Å². The first-order valence-corrected chi connectivity index (χ1v) is 7.60. The molecule has 3 nitrogen and oxygen atoms in total. The smallest absolute Gasteiger partial charge is 0.186 e. The zero-order chi connectivity index (χ0) is 13.3. The van der Waals surface area contributed by atoms with Crippen molar-refractivity contribution in [3.05, 3.63) is 10.6 Å². The van der Waals surface area contributed by atoms with E-state index in [-0.39, 0.29) is 5.78 Å². The van der Waals surface area contributed by atoms with Crippen LogP contribution in [0, 0.1) is 0 Å². The first-order chi connectivity index (χ1) is 8.50. The monoisotopic (exact) mass is 266 g/mol. The van der Waals surface area contributed by atoms with E-state index in [0.29, 0.717) is 12.0 Å². The maximum Gasteiger partial charge on any atom is 0.186 e. The summed E-state index contributed by atoms with van der Waals surface area (Å²) >= 11 is 1.57. The summed E-state index contributed by atoms with van der Waals surface area (Å²) in [5.41, 5.74) is 0.972. The average Bonchev–Trinajstić information content (AvgIpc) is 2.74. The van der Waals surface area contributed by atoms with E-state index in [1.165, 1.54) is 19.3 Å². The Morgan fingerprint density at radius 1 is 1.44 bits per heavy atom. The minimum Gasteiger partial charge on any atom is -0.345 e. The van der Waals surface area contributed by atoms with Crippen molar-refractivity contribution in [1.29, 1.82) is 0 Å². The van der Waals surface area contributed by atoms with E-state index in [1.54, 1.807) is 18.3 Å². The molecule has 1 aromatic heterocycles. The van der Waals surface area contributed by atoms with Crippen molar-refractivity contribution in [2.24, 2.45) is 0 Å². The molecule has 18 heavy (non-hydrogen) atoms. The molecule has 0 aromatic carbocycles. The highest BCUT2D eigenvalue weighted by Gasteiger charge is 2.25. The lowest BCUT2D eigenvalue weighted by Crippen LogP contribution is -2.37. The average molecular weight is 266 g/mol. The summed E-state index contributed by atoms with van der Waals surface area (Å²) in [5.74, 6) is 0.459. The Balaban J connectivity index is 2.33. The third-order valence-electron chi connectivity index (χ3n) is 3.56. The van der Waals surface area contributed by atoms with Crippen LogP contribution in [0.5, 0.6) is 0 Å². The number of rotatable bonds is 3. The molecular weight excluding hydrogens is 244 g/mol. The number of nitrogens with zero attached hydrogens (tertiary/aromatic N) is 2. The molecule has 2 heterocycles. The highest BCUT2D eigenvalue weighted by molar-refractivity contribution is 7.17. The van der Waals surface area contributed by atoms with Gasteiger partial charge in [0, 0.05) is 19.5 Å². The second kappa shape index (κ2) is 5.39. The quantitative estimate of drug-likeness (QED) is 0.779. The van der Waals surface area contributed by atoms with Crippen molar-refractivity contribution in [3.63, 3.8) is 0 Å². The van der Waals surface area contributed by atoms with Gasteiger partial charge in [-0.15, -0.1) is 0 Å². The molecule has 1 saturated heterocycles. The summed E-state index contributed by atoms with van der Waals surface area (Å²) in [6.07, 6.45) is 3.77. The number of thiazole rings is 1. The molecule has 0 N–H and O–H groups in total. The van der Waals surface area contributed by atoms with Gasteiger partial charge in [-0.1, -0.05) is 25.2 Å². The van der Waals surface area contributed by atoms with Gasteiger partial charge in [0.15, 0.2) is 10.9 Å². The zero-order valence-electron chi connectivity index (χ0n) is 11.7. The molecule has 1 aliphatic rings. The fraction of sp³-hybridized carbons (Fsp3) is 0.714. The SMILES string of the molecule is CC(=O)c1sc(N2CCCCC2C)nc1C(C)C. The van der Waals surface area contributed by atoms with Crippen molar-refractivity contribution in [3.8, 4) is 0 Å². The van der Waals surface area contributed by atoms with Crippen molar-refractivity contribution >= 4 is 22.3 Å². The second-order valence-corrected chi connectivity index (χ2v) is 6.44. The van der Waals surface area contributed by atoms with Gasteiger partial charge in [0.05, 0.1) is 10.6 Å². The first kappa shape index (κ1) is 13.5. The minimum absolute atomic E-state index is 0.145. The summed E-state index contributed by atoms with van der Waals surface area (Å²) in [6, 6.07) is 0.546. The van der Waals surface area contributed by atoms with Crippen LogP contribution in [-0.4, -0.2) is 23.4 Å². The summed E-state index contributed by atoms with van der Waals surface area (Å²) < 4.78 is 0. The van der Waals surface area contributed by atoms with E-state index in [2.05, 4.69) is 25.7 Å². The normalized spacial score (nSPS) is 20.5. The van der Waals surface area contributed by atoms with Crippen LogP contribution < -0.4 is 4.90 Å². The summed E-state index contributed by atoms with van der Waals surface area (Å²) in [4.78, 5) is 19.6. The summed E-state index contributed by atoms with van der Waals surface area (Å²) in [5, 5.41) is 1.04. The van der Waals surface area contributed by atoms with Crippen LogP contribution in [0.2, 0.25) is 0 Å². The van der Waals surface area contributed by atoms with Crippen LogP contribution >= 0.6 is 11.3 Å². The summed E-state index contributed by atoms with van der Waals surface area (Å²) in [7, 11) is 0. The largest absolute Gasteiger partial charge is 0.345 e. The van der Waals surface area contributed by atoms with Crippen LogP contribution in [0.1, 0.15) is 68.2 Å². The standard InChI is InChI=1S/C14H22N2OS/c1-9(2)12-13(11(4)17)18-14(15-12)16-8-6-5-7-10(16)3/h9-10H,5-8H2,1-4H3. The van der Waals surface area contributed by atoms with E-state index < -0.39 is 0 Å². The molecule has 1 unspecified atom stereocenters. The molecule has 0 amide bonds. The third kappa shape index (κ3) is 2.58. The Hall–Kier alpha value is -0.900.